The summed E-state index contributed by atoms with van der Waals surface area (Å²) >= 11 is 3.37. The first kappa shape index (κ1) is 19.3. The maximum Gasteiger partial charge on any atom is 0.232 e. The highest BCUT2D eigenvalue weighted by Gasteiger charge is 2.22. The second-order valence-electron chi connectivity index (χ2n) is 6.03. The number of aliphatic imine (C=N–C) groups is 1. The van der Waals surface area contributed by atoms with Crippen LogP contribution in [0.2, 0.25) is 0 Å². The Hall–Kier alpha value is -2.42. The Bertz CT molecular complexity index is 793. The van der Waals surface area contributed by atoms with Gasteiger partial charge in [0, 0.05) is 39.8 Å². The van der Waals surface area contributed by atoms with Gasteiger partial charge in [-0.15, -0.1) is 0 Å². The van der Waals surface area contributed by atoms with Crippen LogP contribution in [0, 0.1) is 5.82 Å². The summed E-state index contributed by atoms with van der Waals surface area (Å²) in [5.74, 6) is 1.78. The summed E-state index contributed by atoms with van der Waals surface area (Å²) in [6.07, 6.45) is 1.71. The monoisotopic (exact) mass is 436 g/mol. The molecule has 3 rings (SSSR count). The second-order valence-corrected chi connectivity index (χ2v) is 6.88. The van der Waals surface area contributed by atoms with Crippen molar-refractivity contribution in [3.8, 4) is 5.88 Å². The van der Waals surface area contributed by atoms with Gasteiger partial charge in [0.05, 0.1) is 17.8 Å². The Labute approximate surface area is 166 Å². The summed E-state index contributed by atoms with van der Waals surface area (Å²) in [7, 11) is 3.35. The standard InChI is InChI=1S/C18H22BrFN6O/c1-21-17(22-11-13-3-5-14(20)6-4-13)25-7-9-26(10-8-25)18-23-12-15(19)16(24-18)27-2/h3-6,12H,7-11H2,1-2H3,(H,21,22). The van der Waals surface area contributed by atoms with Gasteiger partial charge in [-0.3, -0.25) is 4.99 Å². The number of rotatable bonds is 4. The molecule has 0 bridgehead atoms. The number of aromatic nitrogens is 2. The summed E-state index contributed by atoms with van der Waals surface area (Å²) < 4.78 is 19.0. The van der Waals surface area contributed by atoms with Crippen LogP contribution in [0.15, 0.2) is 39.9 Å². The molecule has 1 aliphatic heterocycles. The summed E-state index contributed by atoms with van der Waals surface area (Å²) in [5.41, 5.74) is 1.01. The van der Waals surface area contributed by atoms with Gasteiger partial charge in [-0.2, -0.15) is 4.98 Å². The van der Waals surface area contributed by atoms with E-state index in [4.69, 9.17) is 4.74 Å². The average Bonchev–Trinajstić information content (AvgIpc) is 2.71. The van der Waals surface area contributed by atoms with E-state index in [2.05, 4.69) is 46.0 Å². The number of anilines is 1. The molecular formula is C18H22BrFN6O. The molecule has 144 valence electrons. The Balaban J connectivity index is 1.56. The lowest BCUT2D eigenvalue weighted by molar-refractivity contribution is 0.366. The normalized spacial score (nSPS) is 15.0. The lowest BCUT2D eigenvalue weighted by atomic mass is 10.2. The molecule has 0 amide bonds. The highest BCUT2D eigenvalue weighted by atomic mass is 79.9. The minimum atomic E-state index is -0.231. The van der Waals surface area contributed by atoms with E-state index in [1.54, 1.807) is 32.5 Å². The maximum atomic E-state index is 13.0. The number of nitrogens with one attached hydrogen (secondary N) is 1. The van der Waals surface area contributed by atoms with Crippen LogP contribution in [0.1, 0.15) is 5.56 Å². The molecule has 2 aromatic rings. The molecule has 1 saturated heterocycles. The van der Waals surface area contributed by atoms with Gasteiger partial charge in [-0.25, -0.2) is 9.37 Å². The third-order valence-corrected chi connectivity index (χ3v) is 4.87. The number of hydrogen-bond donors (Lipinski definition) is 1. The molecule has 1 fully saturated rings. The minimum Gasteiger partial charge on any atom is -0.480 e. The Morgan fingerprint density at radius 1 is 1.26 bits per heavy atom. The van der Waals surface area contributed by atoms with Crippen molar-refractivity contribution in [1.29, 1.82) is 0 Å². The SMILES string of the molecule is CN=C(NCc1ccc(F)cc1)N1CCN(c2ncc(Br)c(OC)n2)CC1. The van der Waals surface area contributed by atoms with E-state index < -0.39 is 0 Å². The quantitative estimate of drug-likeness (QED) is 0.585. The van der Waals surface area contributed by atoms with E-state index >= 15 is 0 Å². The Morgan fingerprint density at radius 2 is 1.96 bits per heavy atom. The van der Waals surface area contributed by atoms with Gasteiger partial charge < -0.3 is 19.9 Å². The highest BCUT2D eigenvalue weighted by Crippen LogP contribution is 2.23. The van der Waals surface area contributed by atoms with E-state index in [-0.39, 0.29) is 5.82 Å². The third-order valence-electron chi connectivity index (χ3n) is 4.33. The molecule has 0 unspecified atom stereocenters. The fourth-order valence-electron chi connectivity index (χ4n) is 2.87. The largest absolute Gasteiger partial charge is 0.480 e. The number of hydrogen-bond acceptors (Lipinski definition) is 5. The lowest BCUT2D eigenvalue weighted by Gasteiger charge is -2.36. The van der Waals surface area contributed by atoms with Gasteiger partial charge in [-0.1, -0.05) is 12.1 Å². The van der Waals surface area contributed by atoms with Crippen molar-refractivity contribution < 1.29 is 9.13 Å². The zero-order valence-corrected chi connectivity index (χ0v) is 16.9. The van der Waals surface area contributed by atoms with Crippen molar-refractivity contribution in [2.24, 2.45) is 4.99 Å². The number of guanidine groups is 1. The third kappa shape index (κ3) is 4.85. The van der Waals surface area contributed by atoms with Crippen LogP contribution >= 0.6 is 15.9 Å². The molecule has 1 aromatic heterocycles. The first-order valence-corrected chi connectivity index (χ1v) is 9.41. The summed E-state index contributed by atoms with van der Waals surface area (Å²) in [6, 6.07) is 6.47. The van der Waals surface area contributed by atoms with Crippen LogP contribution in [-0.4, -0.2) is 61.2 Å². The molecule has 1 N–H and O–H groups in total. The minimum absolute atomic E-state index is 0.231. The number of ether oxygens (including phenoxy) is 1. The van der Waals surface area contributed by atoms with E-state index in [9.17, 15) is 4.39 Å². The van der Waals surface area contributed by atoms with Gasteiger partial charge in [0.15, 0.2) is 5.96 Å². The number of benzene rings is 1. The van der Waals surface area contributed by atoms with Gasteiger partial charge >= 0.3 is 0 Å². The zero-order valence-electron chi connectivity index (χ0n) is 15.3. The molecule has 0 atom stereocenters. The number of nitrogens with zero attached hydrogens (tertiary/aromatic N) is 5. The van der Waals surface area contributed by atoms with E-state index in [1.165, 1.54) is 12.1 Å². The van der Waals surface area contributed by atoms with Gasteiger partial charge in [0.1, 0.15) is 5.82 Å². The van der Waals surface area contributed by atoms with Gasteiger partial charge in [-0.05, 0) is 33.6 Å². The van der Waals surface area contributed by atoms with Crippen LogP contribution in [0.3, 0.4) is 0 Å². The Morgan fingerprint density at radius 3 is 2.59 bits per heavy atom. The van der Waals surface area contributed by atoms with E-state index in [1.807, 2.05) is 0 Å². The fourth-order valence-corrected chi connectivity index (χ4v) is 3.23. The second kappa shape index (κ2) is 8.98. The van der Waals surface area contributed by atoms with Crippen molar-refractivity contribution in [3.05, 3.63) is 46.3 Å². The van der Waals surface area contributed by atoms with Crippen molar-refractivity contribution in [3.63, 3.8) is 0 Å². The molecular weight excluding hydrogens is 415 g/mol. The van der Waals surface area contributed by atoms with Crippen LogP contribution in [0.25, 0.3) is 0 Å². The molecule has 2 heterocycles. The fraction of sp³-hybridized carbons (Fsp3) is 0.389. The van der Waals surface area contributed by atoms with Crippen LogP contribution < -0.4 is 15.0 Å². The molecule has 9 heteroatoms. The highest BCUT2D eigenvalue weighted by molar-refractivity contribution is 9.10. The van der Waals surface area contributed by atoms with Gasteiger partial charge in [0.25, 0.3) is 0 Å². The van der Waals surface area contributed by atoms with Crippen LogP contribution in [0.4, 0.5) is 10.3 Å². The predicted octanol–water partition coefficient (Wildman–Crippen LogP) is 2.28. The molecule has 1 aromatic carbocycles. The average molecular weight is 437 g/mol. The lowest BCUT2D eigenvalue weighted by Crippen LogP contribution is -2.52. The smallest absolute Gasteiger partial charge is 0.232 e. The van der Waals surface area contributed by atoms with Crippen molar-refractivity contribution >= 4 is 27.8 Å². The molecule has 0 radical (unpaired) electrons. The summed E-state index contributed by atoms with van der Waals surface area (Å²) in [5, 5.41) is 3.33. The summed E-state index contributed by atoms with van der Waals surface area (Å²) in [4.78, 5) is 17.5. The molecule has 27 heavy (non-hydrogen) atoms. The molecule has 7 nitrogen and oxygen atoms in total. The van der Waals surface area contributed by atoms with Crippen molar-refractivity contribution in [1.82, 2.24) is 20.2 Å². The molecule has 1 aliphatic rings. The number of halogens is 2. The van der Waals surface area contributed by atoms with Crippen molar-refractivity contribution in [2.75, 3.05) is 45.2 Å². The predicted molar refractivity (Wildman–Crippen MR) is 107 cm³/mol. The molecule has 0 saturated carbocycles. The van der Waals surface area contributed by atoms with E-state index in [0.717, 1.165) is 42.2 Å². The van der Waals surface area contributed by atoms with Crippen LogP contribution in [-0.2, 0) is 6.54 Å². The molecule has 0 spiro atoms. The maximum absolute atomic E-state index is 13.0. The van der Waals surface area contributed by atoms with Gasteiger partial charge in [0.2, 0.25) is 11.8 Å². The first-order chi connectivity index (χ1) is 13.1. The van der Waals surface area contributed by atoms with Crippen molar-refractivity contribution in [2.45, 2.75) is 6.54 Å². The number of methoxy groups -OCH3 is 1. The van der Waals surface area contributed by atoms with E-state index in [0.29, 0.717) is 18.4 Å². The molecule has 0 aliphatic carbocycles. The van der Waals surface area contributed by atoms with Crippen LogP contribution in [0.5, 0.6) is 5.88 Å². The number of piperazine rings is 1. The first-order valence-electron chi connectivity index (χ1n) is 8.62. The Kier molecular flexibility index (Phi) is 6.44. The topological polar surface area (TPSA) is 65.9 Å². The zero-order chi connectivity index (χ0) is 19.2. The summed E-state index contributed by atoms with van der Waals surface area (Å²) in [6.45, 7) is 3.75.